The van der Waals surface area contributed by atoms with Crippen molar-refractivity contribution in [2.75, 3.05) is 7.11 Å². The molecule has 0 spiro atoms. The molecule has 0 unspecified atom stereocenters. The molecule has 0 saturated carbocycles. The molecular formula is C12H16ClN5O2. The van der Waals surface area contributed by atoms with Crippen molar-refractivity contribution in [1.82, 2.24) is 24.5 Å². The number of ether oxygens (including phenoxy) is 1. The van der Waals surface area contributed by atoms with E-state index in [1.165, 1.54) is 7.11 Å². The summed E-state index contributed by atoms with van der Waals surface area (Å²) in [4.78, 5) is 15.9. The van der Waals surface area contributed by atoms with E-state index in [-0.39, 0.29) is 5.69 Å². The van der Waals surface area contributed by atoms with Gasteiger partial charge in [-0.3, -0.25) is 0 Å². The van der Waals surface area contributed by atoms with E-state index in [0.717, 1.165) is 17.9 Å². The average Bonchev–Trinajstić information content (AvgIpc) is 2.98. The lowest BCUT2D eigenvalue weighted by Gasteiger charge is -2.07. The third-order valence-corrected chi connectivity index (χ3v) is 3.37. The minimum absolute atomic E-state index is 0.259. The van der Waals surface area contributed by atoms with E-state index >= 15 is 0 Å². The van der Waals surface area contributed by atoms with Crippen molar-refractivity contribution in [2.45, 2.75) is 26.3 Å². The van der Waals surface area contributed by atoms with Gasteiger partial charge in [0.05, 0.1) is 19.0 Å². The second-order valence-corrected chi connectivity index (χ2v) is 4.73. The molecule has 2 aromatic rings. The van der Waals surface area contributed by atoms with E-state index in [1.54, 1.807) is 15.4 Å². The topological polar surface area (TPSA) is 74.8 Å². The van der Waals surface area contributed by atoms with Crippen LogP contribution < -0.4 is 0 Å². The van der Waals surface area contributed by atoms with Crippen molar-refractivity contribution < 1.29 is 9.53 Å². The maximum Gasteiger partial charge on any atom is 0.360 e. The first-order valence-corrected chi connectivity index (χ1v) is 6.63. The van der Waals surface area contributed by atoms with Gasteiger partial charge in [0.25, 0.3) is 0 Å². The number of hydrogen-bond donors (Lipinski definition) is 0. The fourth-order valence-corrected chi connectivity index (χ4v) is 2.05. The molecule has 8 heteroatoms. The highest BCUT2D eigenvalue weighted by molar-refractivity contribution is 6.29. The second-order valence-electron chi connectivity index (χ2n) is 4.34. The maximum absolute atomic E-state index is 11.7. The molecule has 7 nitrogen and oxygen atoms in total. The first kappa shape index (κ1) is 14.5. The summed E-state index contributed by atoms with van der Waals surface area (Å²) in [5, 5.41) is 8.47. The van der Waals surface area contributed by atoms with Crippen molar-refractivity contribution in [3.05, 3.63) is 28.6 Å². The molecule has 20 heavy (non-hydrogen) atoms. The van der Waals surface area contributed by atoms with Gasteiger partial charge in [-0.25, -0.2) is 14.5 Å². The zero-order valence-corrected chi connectivity index (χ0v) is 12.4. The molecule has 2 aromatic heterocycles. The fraction of sp³-hybridized carbons (Fsp3) is 0.500. The van der Waals surface area contributed by atoms with Gasteiger partial charge < -0.3 is 9.30 Å². The SMILES string of the molecule is CCCc1c(C(=O)OC)nnn1Cc1ncc(Cl)n1C. The van der Waals surface area contributed by atoms with Crippen LogP contribution >= 0.6 is 11.6 Å². The van der Waals surface area contributed by atoms with Crippen LogP contribution in [0.3, 0.4) is 0 Å². The summed E-state index contributed by atoms with van der Waals surface area (Å²) >= 11 is 5.96. The first-order chi connectivity index (χ1) is 9.58. The Morgan fingerprint density at radius 1 is 1.50 bits per heavy atom. The Balaban J connectivity index is 2.34. The molecule has 0 aromatic carbocycles. The minimum atomic E-state index is -0.474. The predicted molar refractivity (Wildman–Crippen MR) is 72.7 cm³/mol. The molecule has 0 bridgehead atoms. The maximum atomic E-state index is 11.7. The first-order valence-electron chi connectivity index (χ1n) is 6.25. The van der Waals surface area contributed by atoms with Gasteiger partial charge in [0.15, 0.2) is 5.69 Å². The largest absolute Gasteiger partial charge is 0.464 e. The van der Waals surface area contributed by atoms with Crippen molar-refractivity contribution in [1.29, 1.82) is 0 Å². The molecule has 0 aliphatic heterocycles. The number of methoxy groups -OCH3 is 1. The highest BCUT2D eigenvalue weighted by Crippen LogP contribution is 2.14. The number of halogens is 1. The van der Waals surface area contributed by atoms with Gasteiger partial charge in [-0.05, 0) is 6.42 Å². The monoisotopic (exact) mass is 297 g/mol. The molecule has 108 valence electrons. The van der Waals surface area contributed by atoms with Crippen LogP contribution in [0.15, 0.2) is 6.20 Å². The smallest absolute Gasteiger partial charge is 0.360 e. The van der Waals surface area contributed by atoms with Gasteiger partial charge in [-0.2, -0.15) is 0 Å². The van der Waals surface area contributed by atoms with Crippen LogP contribution in [0.4, 0.5) is 0 Å². The second kappa shape index (κ2) is 6.04. The van der Waals surface area contributed by atoms with E-state index < -0.39 is 5.97 Å². The molecule has 0 N–H and O–H groups in total. The molecule has 0 saturated heterocycles. The lowest BCUT2D eigenvalue weighted by Crippen LogP contribution is -2.13. The van der Waals surface area contributed by atoms with E-state index in [4.69, 9.17) is 16.3 Å². The number of hydrogen-bond acceptors (Lipinski definition) is 5. The Labute approximate surface area is 121 Å². The van der Waals surface area contributed by atoms with Crippen LogP contribution in [-0.2, 0) is 24.8 Å². The number of carbonyl (C=O) groups is 1. The van der Waals surface area contributed by atoms with Gasteiger partial charge in [-0.1, -0.05) is 30.2 Å². The van der Waals surface area contributed by atoms with Crippen LogP contribution in [0.25, 0.3) is 0 Å². The summed E-state index contributed by atoms with van der Waals surface area (Å²) in [5.74, 6) is 0.270. The summed E-state index contributed by atoms with van der Waals surface area (Å²) in [6.07, 6.45) is 3.14. The number of imidazole rings is 1. The minimum Gasteiger partial charge on any atom is -0.464 e. The van der Waals surface area contributed by atoms with Crippen LogP contribution in [-0.4, -0.2) is 37.6 Å². The molecule has 2 heterocycles. The summed E-state index contributed by atoms with van der Waals surface area (Å²) in [5.41, 5.74) is 1.01. The lowest BCUT2D eigenvalue weighted by molar-refractivity contribution is 0.0592. The van der Waals surface area contributed by atoms with E-state index in [1.807, 2.05) is 14.0 Å². The Kier molecular flexibility index (Phi) is 4.39. The lowest BCUT2D eigenvalue weighted by atomic mass is 10.2. The van der Waals surface area contributed by atoms with E-state index in [2.05, 4.69) is 15.3 Å². The molecule has 0 amide bonds. The highest BCUT2D eigenvalue weighted by Gasteiger charge is 2.20. The van der Waals surface area contributed by atoms with Crippen LogP contribution in [0.1, 0.15) is 35.4 Å². The zero-order valence-electron chi connectivity index (χ0n) is 11.6. The third-order valence-electron chi connectivity index (χ3n) is 3.02. The molecule has 0 aliphatic rings. The third kappa shape index (κ3) is 2.67. The number of carbonyl (C=O) groups excluding carboxylic acids is 1. The summed E-state index contributed by atoms with van der Waals surface area (Å²) in [6.45, 7) is 2.43. The summed E-state index contributed by atoms with van der Waals surface area (Å²) in [6, 6.07) is 0. The molecule has 0 radical (unpaired) electrons. The van der Waals surface area contributed by atoms with Gasteiger partial charge in [-0.15, -0.1) is 5.10 Å². The van der Waals surface area contributed by atoms with Gasteiger partial charge in [0.2, 0.25) is 0 Å². The van der Waals surface area contributed by atoms with Crippen LogP contribution in [0, 0.1) is 0 Å². The molecule has 0 atom stereocenters. The van der Waals surface area contributed by atoms with Gasteiger partial charge in [0, 0.05) is 7.05 Å². The van der Waals surface area contributed by atoms with Crippen molar-refractivity contribution >= 4 is 17.6 Å². The quantitative estimate of drug-likeness (QED) is 0.781. The van der Waals surface area contributed by atoms with Crippen molar-refractivity contribution in [3.8, 4) is 0 Å². The van der Waals surface area contributed by atoms with Crippen LogP contribution in [0.2, 0.25) is 5.15 Å². The van der Waals surface area contributed by atoms with E-state index in [9.17, 15) is 4.79 Å². The van der Waals surface area contributed by atoms with Crippen LogP contribution in [0.5, 0.6) is 0 Å². The number of nitrogens with zero attached hydrogens (tertiary/aromatic N) is 5. The van der Waals surface area contributed by atoms with Crippen molar-refractivity contribution in [3.63, 3.8) is 0 Å². The van der Waals surface area contributed by atoms with E-state index in [0.29, 0.717) is 18.1 Å². The average molecular weight is 298 g/mol. The number of rotatable bonds is 5. The Morgan fingerprint density at radius 2 is 2.25 bits per heavy atom. The number of esters is 1. The molecular weight excluding hydrogens is 282 g/mol. The fourth-order valence-electron chi connectivity index (χ4n) is 1.90. The Hall–Kier alpha value is -1.89. The van der Waals surface area contributed by atoms with Crippen molar-refractivity contribution in [2.24, 2.45) is 7.05 Å². The molecule has 0 aliphatic carbocycles. The highest BCUT2D eigenvalue weighted by atomic mass is 35.5. The zero-order chi connectivity index (χ0) is 14.7. The Bertz CT molecular complexity index is 619. The molecule has 2 rings (SSSR count). The Morgan fingerprint density at radius 3 is 2.80 bits per heavy atom. The summed E-state index contributed by atoms with van der Waals surface area (Å²) < 4.78 is 8.14. The summed E-state index contributed by atoms with van der Waals surface area (Å²) in [7, 11) is 3.15. The van der Waals surface area contributed by atoms with Gasteiger partial charge in [0.1, 0.15) is 17.5 Å². The van der Waals surface area contributed by atoms with Gasteiger partial charge >= 0.3 is 5.97 Å². The normalized spacial score (nSPS) is 10.8. The standard InChI is InChI=1S/C12H16ClN5O2/c1-4-5-8-11(12(19)20-3)15-16-18(8)7-10-14-6-9(13)17(10)2/h6H,4-5,7H2,1-3H3. The molecule has 0 fully saturated rings. The number of aromatic nitrogens is 5. The predicted octanol–water partition coefficient (Wildman–Crippen LogP) is 1.45.